The molecule has 12 heteroatoms. The Kier molecular flexibility index (Phi) is 10.4. The van der Waals surface area contributed by atoms with Crippen molar-refractivity contribution < 1.29 is 9.59 Å². The average molecular weight is 742 g/mol. The second-order valence-corrected chi connectivity index (χ2v) is 16.0. The van der Waals surface area contributed by atoms with E-state index in [1.54, 1.807) is 12.3 Å². The van der Waals surface area contributed by atoms with Crippen molar-refractivity contribution in [1.29, 1.82) is 10.5 Å². The number of nitrogens with zero attached hydrogens (tertiary/aromatic N) is 7. The molecule has 4 saturated heterocycles. The van der Waals surface area contributed by atoms with E-state index in [0.29, 0.717) is 28.0 Å². The number of halogens is 2. The highest BCUT2D eigenvalue weighted by Gasteiger charge is 2.46. The number of Topliss-reactive ketones (excluding diaryl/α,β-unsaturated/α-hetero) is 2. The van der Waals surface area contributed by atoms with Crippen LogP contribution in [0.4, 0.5) is 5.82 Å². The molecule has 0 radical (unpaired) electrons. The third-order valence-corrected chi connectivity index (χ3v) is 12.7. The lowest BCUT2D eigenvalue weighted by Crippen LogP contribution is -2.38. The number of piperidine rings is 2. The zero-order chi connectivity index (χ0) is 35.2. The second-order valence-electron chi connectivity index (χ2n) is 15.7. The van der Waals surface area contributed by atoms with Gasteiger partial charge in [-0.2, -0.15) is 10.5 Å². The first-order valence-electron chi connectivity index (χ1n) is 18.8. The Morgan fingerprint density at radius 1 is 0.654 bits per heavy atom. The van der Waals surface area contributed by atoms with Crippen LogP contribution in [0.15, 0.2) is 35.7 Å². The summed E-state index contributed by atoms with van der Waals surface area (Å²) in [7, 11) is 0. The number of likely N-dealkylation sites (tertiary alicyclic amines) is 2. The minimum absolute atomic E-state index is 0. The molecule has 10 nitrogen and oxygen atoms in total. The number of carbonyl (C=O) groups excluding carboxylic acids is 2. The molecule has 4 aliphatic heterocycles. The smallest absolute Gasteiger partial charge is 0.179 e. The Labute approximate surface area is 317 Å². The number of anilines is 1. The molecular weight excluding hydrogens is 695 g/mol. The Morgan fingerprint density at radius 3 is 1.48 bits per heavy atom. The summed E-state index contributed by atoms with van der Waals surface area (Å²) in [6.07, 6.45) is 16.7. The SMILES string of the molecule is C1CNC1.Cl.N#CC1=C(N2CCC3(CC2)CC3)c2cc(Cl)ncc2CC1=O.N#CC1=C(N2CCC3(CC2)CC3)c2cc(N3CCC3)ncc2CC1=O. The predicted molar refractivity (Wildman–Crippen MR) is 202 cm³/mol. The topological polar surface area (TPSA) is 129 Å². The summed E-state index contributed by atoms with van der Waals surface area (Å²) in [6.45, 7) is 8.31. The maximum absolute atomic E-state index is 12.5. The minimum atomic E-state index is -0.110. The van der Waals surface area contributed by atoms with Crippen LogP contribution in [-0.4, -0.2) is 83.7 Å². The van der Waals surface area contributed by atoms with E-state index in [-0.39, 0.29) is 36.0 Å². The van der Waals surface area contributed by atoms with Crippen LogP contribution in [0.2, 0.25) is 5.15 Å². The van der Waals surface area contributed by atoms with Crippen molar-refractivity contribution >= 4 is 52.8 Å². The van der Waals surface area contributed by atoms with Crippen molar-refractivity contribution in [3.8, 4) is 12.1 Å². The Hall–Kier alpha value is -3.96. The molecule has 1 N–H and O–H groups in total. The van der Waals surface area contributed by atoms with Crippen molar-refractivity contribution in [2.75, 3.05) is 57.3 Å². The van der Waals surface area contributed by atoms with Gasteiger partial charge in [-0.25, -0.2) is 9.97 Å². The molecule has 2 spiro atoms. The molecule has 6 heterocycles. The standard InChI is InChI=1S/C20H22N4O.C17H16ClN3O.C3H7N.ClH/c21-12-16-17(25)10-14-13-22-18(23-6-1-7-23)11-15(14)19(16)24-8-4-20(2-3-20)5-9-24;18-15-8-12-11(10-20-15)7-14(22)13(9-19)16(12)21-5-3-17(1-2-17)4-6-21;1-2-4-3-1;/h11,13H,1-10H2;8,10H,1-7H2;4H,1-3H2;1H. The summed E-state index contributed by atoms with van der Waals surface area (Å²) >= 11 is 6.04. The van der Waals surface area contributed by atoms with Crippen molar-refractivity contribution in [3.63, 3.8) is 0 Å². The number of nitrogens with one attached hydrogen (secondary N) is 1. The second kappa shape index (κ2) is 14.8. The summed E-state index contributed by atoms with van der Waals surface area (Å²) in [5, 5.41) is 22.6. The highest BCUT2D eigenvalue weighted by atomic mass is 35.5. The van der Waals surface area contributed by atoms with E-state index in [4.69, 9.17) is 11.6 Å². The fourth-order valence-corrected chi connectivity index (χ4v) is 8.41. The Balaban J connectivity index is 0.000000144. The van der Waals surface area contributed by atoms with Crippen LogP contribution in [0.3, 0.4) is 0 Å². The largest absolute Gasteiger partial charge is 0.370 e. The van der Waals surface area contributed by atoms with Gasteiger partial charge in [0.15, 0.2) is 11.6 Å². The number of fused-ring (bicyclic) bond motifs is 2. The third kappa shape index (κ3) is 7.18. The van der Waals surface area contributed by atoms with Gasteiger partial charge in [-0.15, -0.1) is 12.4 Å². The van der Waals surface area contributed by atoms with Gasteiger partial charge in [-0.05, 0) is 111 Å². The van der Waals surface area contributed by atoms with Crippen LogP contribution in [0.25, 0.3) is 11.4 Å². The lowest BCUT2D eigenvalue weighted by molar-refractivity contribution is -0.115. The molecule has 2 aromatic rings. The third-order valence-electron chi connectivity index (χ3n) is 12.5. The monoisotopic (exact) mass is 740 g/mol. The summed E-state index contributed by atoms with van der Waals surface area (Å²) in [4.78, 5) is 40.2. The fourth-order valence-electron chi connectivity index (χ4n) is 8.26. The van der Waals surface area contributed by atoms with Crippen molar-refractivity contribution in [2.24, 2.45) is 10.8 Å². The fraction of sp³-hybridized carbons (Fsp3) is 0.550. The Bertz CT molecular complexity index is 1890. The molecule has 0 bridgehead atoms. The normalized spacial score (nSPS) is 22.9. The summed E-state index contributed by atoms with van der Waals surface area (Å²) in [5.41, 5.74) is 7.20. The lowest BCUT2D eigenvalue weighted by Gasteiger charge is -2.38. The number of rotatable bonds is 3. The van der Waals surface area contributed by atoms with E-state index in [2.05, 4.69) is 48.2 Å². The highest BCUT2D eigenvalue weighted by molar-refractivity contribution is 6.29. The molecule has 0 aromatic carbocycles. The van der Waals surface area contributed by atoms with Gasteiger partial charge in [0.25, 0.3) is 0 Å². The number of allylic oxidation sites excluding steroid dienone is 2. The molecular formula is C40H46Cl2N8O2. The zero-order valence-corrected chi connectivity index (χ0v) is 31.3. The molecule has 52 heavy (non-hydrogen) atoms. The van der Waals surface area contributed by atoms with E-state index in [1.807, 2.05) is 6.20 Å². The van der Waals surface area contributed by atoms with Crippen LogP contribution >= 0.6 is 24.0 Å². The van der Waals surface area contributed by atoms with Gasteiger partial charge in [0.2, 0.25) is 0 Å². The lowest BCUT2D eigenvalue weighted by atomic mass is 9.86. The Morgan fingerprint density at radius 2 is 1.10 bits per heavy atom. The first-order valence-corrected chi connectivity index (χ1v) is 19.1. The molecule has 0 atom stereocenters. The number of hydrogen-bond acceptors (Lipinski definition) is 10. The highest BCUT2D eigenvalue weighted by Crippen LogP contribution is 2.55. The van der Waals surface area contributed by atoms with Gasteiger partial charge in [0.1, 0.15) is 34.3 Å². The first kappa shape index (κ1) is 36.4. The van der Waals surface area contributed by atoms with Crippen molar-refractivity contribution in [2.45, 2.75) is 77.0 Å². The van der Waals surface area contributed by atoms with Crippen LogP contribution in [-0.2, 0) is 22.4 Å². The first-order chi connectivity index (χ1) is 24.8. The maximum Gasteiger partial charge on any atom is 0.179 e. The van der Waals surface area contributed by atoms with Gasteiger partial charge < -0.3 is 20.0 Å². The van der Waals surface area contributed by atoms with E-state index < -0.39 is 0 Å². The van der Waals surface area contributed by atoms with Crippen molar-refractivity contribution in [1.82, 2.24) is 25.1 Å². The van der Waals surface area contributed by atoms with Crippen LogP contribution in [0, 0.1) is 33.5 Å². The molecule has 4 aliphatic carbocycles. The summed E-state index contributed by atoms with van der Waals surface area (Å²) in [5.74, 6) is 0.806. The van der Waals surface area contributed by atoms with Gasteiger partial charge in [0.05, 0.1) is 11.4 Å². The van der Waals surface area contributed by atoms with E-state index in [0.717, 1.165) is 91.6 Å². The minimum Gasteiger partial charge on any atom is -0.370 e. The number of nitriles is 2. The summed E-state index contributed by atoms with van der Waals surface area (Å²) in [6, 6.07) is 8.23. The number of pyridine rings is 2. The predicted octanol–water partition coefficient (Wildman–Crippen LogP) is 5.90. The van der Waals surface area contributed by atoms with Crippen LogP contribution < -0.4 is 10.2 Å². The van der Waals surface area contributed by atoms with Gasteiger partial charge in [-0.3, -0.25) is 9.59 Å². The molecule has 6 fully saturated rings. The number of aromatic nitrogens is 2. The van der Waals surface area contributed by atoms with Gasteiger partial charge in [-0.1, -0.05) is 11.6 Å². The molecule has 10 rings (SSSR count). The van der Waals surface area contributed by atoms with E-state index >= 15 is 0 Å². The maximum atomic E-state index is 12.5. The quantitative estimate of drug-likeness (QED) is 0.380. The van der Waals surface area contributed by atoms with E-state index in [1.165, 1.54) is 64.5 Å². The van der Waals surface area contributed by atoms with Crippen LogP contribution in [0.1, 0.15) is 86.5 Å². The average Bonchev–Trinajstić information content (AvgIpc) is 4.02. The molecule has 2 aromatic heterocycles. The number of ketones is 2. The number of carbonyl (C=O) groups is 2. The molecule has 0 amide bonds. The molecule has 2 saturated carbocycles. The summed E-state index contributed by atoms with van der Waals surface area (Å²) < 4.78 is 0. The van der Waals surface area contributed by atoms with Crippen LogP contribution in [0.5, 0.6) is 0 Å². The van der Waals surface area contributed by atoms with Gasteiger partial charge >= 0.3 is 0 Å². The van der Waals surface area contributed by atoms with E-state index in [9.17, 15) is 20.1 Å². The molecule has 0 unspecified atom stereocenters. The number of hydrogen-bond donors (Lipinski definition) is 1. The molecule has 8 aliphatic rings. The van der Waals surface area contributed by atoms with Crippen molar-refractivity contribution in [3.05, 3.63) is 63.1 Å². The van der Waals surface area contributed by atoms with Gasteiger partial charge in [0, 0.05) is 75.6 Å². The molecule has 272 valence electrons. The zero-order valence-electron chi connectivity index (χ0n) is 29.7.